The fraction of sp³-hybridized carbons (Fsp3) is 0.542. The number of amidine groups is 1. The number of H-pyrrole nitrogens is 1. The van der Waals surface area contributed by atoms with Gasteiger partial charge in [-0.2, -0.15) is 5.26 Å². The first kappa shape index (κ1) is 20.4. The van der Waals surface area contributed by atoms with Gasteiger partial charge >= 0.3 is 0 Å². The number of aromatic amines is 1. The van der Waals surface area contributed by atoms with E-state index in [0.29, 0.717) is 28.4 Å². The molecule has 2 atom stereocenters. The summed E-state index contributed by atoms with van der Waals surface area (Å²) < 4.78 is 6.23. The maximum absolute atomic E-state index is 9.42. The number of hydrogen-bond acceptors (Lipinski definition) is 4. The number of nitriles is 1. The summed E-state index contributed by atoms with van der Waals surface area (Å²) in [7, 11) is 0. The van der Waals surface area contributed by atoms with Crippen LogP contribution < -0.4 is 10.1 Å². The highest BCUT2D eigenvalue weighted by Crippen LogP contribution is 2.61. The van der Waals surface area contributed by atoms with Gasteiger partial charge in [0, 0.05) is 22.8 Å². The van der Waals surface area contributed by atoms with Crippen LogP contribution in [0.2, 0.25) is 5.02 Å². The van der Waals surface area contributed by atoms with Crippen LogP contribution >= 0.6 is 11.6 Å². The third-order valence-electron chi connectivity index (χ3n) is 7.43. The van der Waals surface area contributed by atoms with Gasteiger partial charge < -0.3 is 9.72 Å². The topological polar surface area (TPSA) is 86.1 Å². The van der Waals surface area contributed by atoms with E-state index in [1.165, 1.54) is 19.3 Å². The van der Waals surface area contributed by atoms with Crippen LogP contribution in [0.4, 0.5) is 0 Å². The van der Waals surface area contributed by atoms with Crippen molar-refractivity contribution in [1.82, 2.24) is 15.3 Å². The van der Waals surface area contributed by atoms with Gasteiger partial charge in [-0.05, 0) is 88.0 Å². The van der Waals surface area contributed by atoms with E-state index in [9.17, 15) is 5.26 Å². The summed E-state index contributed by atoms with van der Waals surface area (Å²) in [6.45, 7) is 3.90. The summed E-state index contributed by atoms with van der Waals surface area (Å²) in [4.78, 5) is 13.2. The average Bonchev–Trinajstić information content (AvgIpc) is 3.27. The number of aromatic nitrogens is 2. The zero-order valence-electron chi connectivity index (χ0n) is 17.9. The monoisotopic (exact) mass is 437 g/mol. The van der Waals surface area contributed by atoms with Crippen molar-refractivity contribution in [2.24, 2.45) is 22.7 Å². The molecule has 7 heteroatoms. The maximum atomic E-state index is 9.42. The summed E-state index contributed by atoms with van der Waals surface area (Å²) >= 11 is 6.00. The molecule has 6 nitrogen and oxygen atoms in total. The number of imidazole rings is 1. The van der Waals surface area contributed by atoms with Crippen molar-refractivity contribution in [3.05, 3.63) is 47.5 Å². The predicted octanol–water partition coefficient (Wildman–Crippen LogP) is 4.84. The Hall–Kier alpha value is -2.52. The lowest BCUT2D eigenvalue weighted by molar-refractivity contribution is -0.0257. The molecule has 2 unspecified atom stereocenters. The van der Waals surface area contributed by atoms with Crippen LogP contribution in [0.25, 0.3) is 0 Å². The number of nitrogens with zero attached hydrogens (tertiary/aromatic N) is 3. The SMILES string of the molecule is CC(C)(Oc1ccc(Cl)cc1)C(=NC1C2CC3CC1CC(c1ncc[nH]1)(C3)C2)NC#N. The van der Waals surface area contributed by atoms with E-state index in [4.69, 9.17) is 21.3 Å². The van der Waals surface area contributed by atoms with Crippen LogP contribution in [0.3, 0.4) is 0 Å². The first-order valence-electron chi connectivity index (χ1n) is 11.1. The fourth-order valence-electron chi connectivity index (χ4n) is 6.44. The smallest absolute Gasteiger partial charge is 0.182 e. The molecule has 0 saturated heterocycles. The molecule has 1 aromatic carbocycles. The summed E-state index contributed by atoms with van der Waals surface area (Å²) in [5.74, 6) is 4.21. The van der Waals surface area contributed by atoms with Gasteiger partial charge in [-0.1, -0.05) is 11.6 Å². The molecule has 0 aliphatic heterocycles. The Kier molecular flexibility index (Phi) is 4.97. The molecule has 31 heavy (non-hydrogen) atoms. The van der Waals surface area contributed by atoms with Crippen LogP contribution in [0, 0.1) is 29.2 Å². The van der Waals surface area contributed by atoms with Crippen LogP contribution in [-0.4, -0.2) is 27.4 Å². The quantitative estimate of drug-likeness (QED) is 0.303. The molecular weight excluding hydrogens is 410 g/mol. The van der Waals surface area contributed by atoms with E-state index >= 15 is 0 Å². The summed E-state index contributed by atoms with van der Waals surface area (Å²) in [6, 6.07) is 7.48. The van der Waals surface area contributed by atoms with Gasteiger partial charge in [-0.25, -0.2) is 4.98 Å². The Bertz CT molecular complexity index is 992. The van der Waals surface area contributed by atoms with Crippen molar-refractivity contribution >= 4 is 17.4 Å². The normalized spacial score (nSPS) is 32.0. The molecule has 2 aromatic rings. The molecule has 0 spiro atoms. The molecule has 1 heterocycles. The number of hydrogen-bond donors (Lipinski definition) is 2. The first-order chi connectivity index (χ1) is 14.9. The Labute approximate surface area is 188 Å². The number of benzene rings is 1. The molecule has 162 valence electrons. The third-order valence-corrected chi connectivity index (χ3v) is 7.69. The lowest BCUT2D eigenvalue weighted by Gasteiger charge is -2.58. The van der Waals surface area contributed by atoms with Crippen molar-refractivity contribution < 1.29 is 4.74 Å². The van der Waals surface area contributed by atoms with E-state index in [-0.39, 0.29) is 11.5 Å². The van der Waals surface area contributed by atoms with Crippen LogP contribution in [-0.2, 0) is 5.41 Å². The second-order valence-electron chi connectivity index (χ2n) is 9.96. The predicted molar refractivity (Wildman–Crippen MR) is 120 cm³/mol. The minimum atomic E-state index is -0.767. The first-order valence-corrected chi connectivity index (χ1v) is 11.4. The fourth-order valence-corrected chi connectivity index (χ4v) is 6.57. The van der Waals surface area contributed by atoms with Crippen LogP contribution in [0.1, 0.15) is 51.8 Å². The van der Waals surface area contributed by atoms with Gasteiger partial charge in [0.2, 0.25) is 0 Å². The van der Waals surface area contributed by atoms with E-state index in [2.05, 4.69) is 21.5 Å². The maximum Gasteiger partial charge on any atom is 0.182 e. The summed E-state index contributed by atoms with van der Waals surface area (Å²) in [5, 5.41) is 12.9. The second kappa shape index (κ2) is 7.56. The van der Waals surface area contributed by atoms with Gasteiger partial charge in [-0.3, -0.25) is 10.3 Å². The molecule has 4 aliphatic rings. The minimum absolute atomic E-state index is 0.171. The number of halogens is 1. The van der Waals surface area contributed by atoms with E-state index < -0.39 is 5.60 Å². The highest BCUT2D eigenvalue weighted by molar-refractivity contribution is 6.30. The molecule has 4 bridgehead atoms. The van der Waals surface area contributed by atoms with Gasteiger partial charge in [0.1, 0.15) is 11.6 Å². The van der Waals surface area contributed by atoms with Crippen molar-refractivity contribution in [2.45, 2.75) is 63.0 Å². The average molecular weight is 438 g/mol. The molecular formula is C24H28ClN5O. The molecule has 4 saturated carbocycles. The lowest BCUT2D eigenvalue weighted by Crippen LogP contribution is -2.56. The van der Waals surface area contributed by atoms with Crippen molar-refractivity contribution in [3.8, 4) is 11.9 Å². The molecule has 4 fully saturated rings. The number of rotatable bonds is 5. The van der Waals surface area contributed by atoms with E-state index in [1.807, 2.05) is 38.4 Å². The molecule has 1 aromatic heterocycles. The Morgan fingerprint density at radius 3 is 2.58 bits per heavy atom. The zero-order valence-corrected chi connectivity index (χ0v) is 18.7. The Morgan fingerprint density at radius 1 is 1.26 bits per heavy atom. The molecule has 6 rings (SSSR count). The molecule has 0 amide bonds. The second-order valence-corrected chi connectivity index (χ2v) is 10.4. The molecule has 2 N–H and O–H groups in total. The highest BCUT2D eigenvalue weighted by atomic mass is 35.5. The van der Waals surface area contributed by atoms with Crippen LogP contribution in [0.15, 0.2) is 41.7 Å². The van der Waals surface area contributed by atoms with Crippen LogP contribution in [0.5, 0.6) is 5.75 Å². The van der Waals surface area contributed by atoms with E-state index in [1.54, 1.807) is 12.1 Å². The standard InChI is InChI=1S/C24H28ClN5O/c1-23(2,31-19-5-3-18(25)4-6-19)21(29-14-26)30-20-16-9-15-10-17(20)13-24(11-15,12-16)22-27-7-8-28-22/h3-8,15-17,20H,9-13H2,1-2H3,(H,27,28)(H,29,30). The number of aliphatic imine (C=N–C) groups is 1. The summed E-state index contributed by atoms with van der Waals surface area (Å²) in [6.07, 6.45) is 11.8. The highest BCUT2D eigenvalue weighted by Gasteiger charge is 2.57. The van der Waals surface area contributed by atoms with Gasteiger partial charge in [0.05, 0.1) is 6.04 Å². The van der Waals surface area contributed by atoms with Gasteiger partial charge in [-0.15, -0.1) is 0 Å². The lowest BCUT2D eigenvalue weighted by atomic mass is 9.47. The van der Waals surface area contributed by atoms with Crippen molar-refractivity contribution in [2.75, 3.05) is 0 Å². The van der Waals surface area contributed by atoms with Gasteiger partial charge in [0.25, 0.3) is 0 Å². The molecule has 4 aliphatic carbocycles. The number of nitrogens with one attached hydrogen (secondary N) is 2. The Morgan fingerprint density at radius 2 is 1.97 bits per heavy atom. The largest absolute Gasteiger partial charge is 0.480 e. The molecule has 0 radical (unpaired) electrons. The minimum Gasteiger partial charge on any atom is -0.480 e. The Balaban J connectivity index is 1.41. The number of ether oxygens (including phenoxy) is 1. The van der Waals surface area contributed by atoms with Crippen molar-refractivity contribution in [1.29, 1.82) is 5.26 Å². The van der Waals surface area contributed by atoms with Crippen molar-refractivity contribution in [3.63, 3.8) is 0 Å². The zero-order chi connectivity index (χ0) is 21.6. The third kappa shape index (κ3) is 3.70. The van der Waals surface area contributed by atoms with Gasteiger partial charge in [0.15, 0.2) is 17.6 Å². The summed E-state index contributed by atoms with van der Waals surface area (Å²) in [5.41, 5.74) is -0.596. The van der Waals surface area contributed by atoms with E-state index in [0.717, 1.165) is 24.6 Å².